The van der Waals surface area contributed by atoms with Crippen molar-refractivity contribution in [1.29, 1.82) is 5.26 Å². The smallest absolute Gasteiger partial charge is 0.221 e. The van der Waals surface area contributed by atoms with Crippen molar-refractivity contribution >= 4 is 21.7 Å². The quantitative estimate of drug-likeness (QED) is 0.818. The summed E-state index contributed by atoms with van der Waals surface area (Å²) in [6, 6.07) is 10.7. The van der Waals surface area contributed by atoms with Gasteiger partial charge in [0.15, 0.2) is 5.82 Å². The van der Waals surface area contributed by atoms with E-state index >= 15 is 0 Å². The summed E-state index contributed by atoms with van der Waals surface area (Å²) >= 11 is 3.31. The molecule has 1 atom stereocenters. The van der Waals surface area contributed by atoms with Gasteiger partial charge in [0.1, 0.15) is 5.92 Å². The van der Waals surface area contributed by atoms with Gasteiger partial charge in [-0.3, -0.25) is 4.79 Å². The number of Topliss-reactive ketones (excluding diaryl/α,β-unsaturated/α-hetero) is 1. The minimum Gasteiger partial charge on any atom is -0.289 e. The molecule has 18 heavy (non-hydrogen) atoms. The van der Waals surface area contributed by atoms with Crippen LogP contribution in [0.5, 0.6) is 0 Å². The van der Waals surface area contributed by atoms with Crippen LogP contribution in [0, 0.1) is 11.3 Å². The highest BCUT2D eigenvalue weighted by Gasteiger charge is 2.23. The minimum atomic E-state index is -0.875. The molecule has 0 bridgehead atoms. The lowest BCUT2D eigenvalue weighted by Gasteiger charge is -2.07. The van der Waals surface area contributed by atoms with E-state index in [1.807, 2.05) is 6.07 Å². The number of halogens is 1. The first kappa shape index (κ1) is 12.4. The molecule has 0 N–H and O–H groups in total. The average Bonchev–Trinajstić information content (AvgIpc) is 2.42. The van der Waals surface area contributed by atoms with E-state index in [0.717, 1.165) is 4.47 Å². The molecule has 2 rings (SSSR count). The van der Waals surface area contributed by atoms with E-state index in [-0.39, 0.29) is 11.6 Å². The zero-order chi connectivity index (χ0) is 13.0. The van der Waals surface area contributed by atoms with Crippen LogP contribution in [-0.4, -0.2) is 15.8 Å². The molecule has 0 aliphatic carbocycles. The van der Waals surface area contributed by atoms with Crippen molar-refractivity contribution < 1.29 is 4.79 Å². The molecule has 1 aromatic heterocycles. The molecule has 2 aromatic rings. The van der Waals surface area contributed by atoms with Crippen LogP contribution >= 0.6 is 15.9 Å². The fourth-order valence-corrected chi connectivity index (χ4v) is 1.76. The summed E-state index contributed by atoms with van der Waals surface area (Å²) in [5.41, 5.74) is 0.637. The van der Waals surface area contributed by atoms with Gasteiger partial charge < -0.3 is 0 Å². The van der Waals surface area contributed by atoms with Crippen LogP contribution in [0.4, 0.5) is 0 Å². The Balaban J connectivity index is 2.33. The average molecular weight is 302 g/mol. The number of ketones is 1. The summed E-state index contributed by atoms with van der Waals surface area (Å²) < 4.78 is 0.895. The number of rotatable bonds is 3. The van der Waals surface area contributed by atoms with Gasteiger partial charge in [-0.25, -0.2) is 9.97 Å². The molecule has 0 saturated carbocycles. The standard InChI is InChI=1S/C13H8BrN3O/c14-10-4-2-9(3-5-10)11(8-15)12(18)13-16-6-1-7-17-13/h1-7,11H. The molecule has 0 fully saturated rings. The first-order valence-corrected chi connectivity index (χ1v) is 5.98. The van der Waals surface area contributed by atoms with Crippen LogP contribution in [0.25, 0.3) is 0 Å². The highest BCUT2D eigenvalue weighted by atomic mass is 79.9. The molecular weight excluding hydrogens is 294 g/mol. The molecule has 0 spiro atoms. The second-order valence-corrected chi connectivity index (χ2v) is 4.47. The zero-order valence-electron chi connectivity index (χ0n) is 9.25. The summed E-state index contributed by atoms with van der Waals surface area (Å²) in [7, 11) is 0. The molecule has 1 heterocycles. The Bertz CT molecular complexity index is 590. The van der Waals surface area contributed by atoms with E-state index in [2.05, 4.69) is 25.9 Å². The third-order valence-electron chi connectivity index (χ3n) is 2.38. The van der Waals surface area contributed by atoms with Gasteiger partial charge in [-0.2, -0.15) is 5.26 Å². The van der Waals surface area contributed by atoms with Crippen molar-refractivity contribution in [2.24, 2.45) is 0 Å². The Labute approximate surface area is 112 Å². The van der Waals surface area contributed by atoms with Crippen molar-refractivity contribution in [1.82, 2.24) is 9.97 Å². The maximum absolute atomic E-state index is 12.1. The van der Waals surface area contributed by atoms with Crippen molar-refractivity contribution in [3.63, 3.8) is 0 Å². The predicted molar refractivity (Wildman–Crippen MR) is 68.9 cm³/mol. The molecule has 88 valence electrons. The number of carbonyl (C=O) groups is 1. The zero-order valence-corrected chi connectivity index (χ0v) is 10.8. The van der Waals surface area contributed by atoms with Crippen LogP contribution in [0.1, 0.15) is 22.1 Å². The third-order valence-corrected chi connectivity index (χ3v) is 2.91. The molecule has 0 radical (unpaired) electrons. The lowest BCUT2D eigenvalue weighted by molar-refractivity contribution is 0.0968. The predicted octanol–water partition coefficient (Wildman–Crippen LogP) is 2.73. The number of benzene rings is 1. The summed E-state index contributed by atoms with van der Waals surface area (Å²) in [5.74, 6) is -1.20. The van der Waals surface area contributed by atoms with Crippen LogP contribution in [0.2, 0.25) is 0 Å². The first-order valence-electron chi connectivity index (χ1n) is 5.18. The van der Waals surface area contributed by atoms with Crippen molar-refractivity contribution in [2.45, 2.75) is 5.92 Å². The van der Waals surface area contributed by atoms with Gasteiger partial charge >= 0.3 is 0 Å². The summed E-state index contributed by atoms with van der Waals surface area (Å²) in [6.45, 7) is 0. The normalized spacial score (nSPS) is 11.6. The number of carbonyl (C=O) groups excluding carboxylic acids is 1. The fraction of sp³-hybridized carbons (Fsp3) is 0.0769. The minimum absolute atomic E-state index is 0.0620. The van der Waals surface area contributed by atoms with Gasteiger partial charge in [-0.1, -0.05) is 28.1 Å². The van der Waals surface area contributed by atoms with Gasteiger partial charge in [0, 0.05) is 16.9 Å². The highest BCUT2D eigenvalue weighted by molar-refractivity contribution is 9.10. The van der Waals surface area contributed by atoms with Gasteiger partial charge in [0.2, 0.25) is 5.78 Å². The lowest BCUT2D eigenvalue weighted by Crippen LogP contribution is -2.14. The van der Waals surface area contributed by atoms with Gasteiger partial charge in [-0.15, -0.1) is 0 Å². The van der Waals surface area contributed by atoms with Gasteiger partial charge in [0.05, 0.1) is 6.07 Å². The van der Waals surface area contributed by atoms with Crippen LogP contribution < -0.4 is 0 Å². The van der Waals surface area contributed by atoms with Crippen LogP contribution in [0.3, 0.4) is 0 Å². The summed E-state index contributed by atoms with van der Waals surface area (Å²) in [5, 5.41) is 9.14. The third kappa shape index (κ3) is 2.60. The number of hydrogen-bond donors (Lipinski definition) is 0. The number of aromatic nitrogens is 2. The molecule has 1 aromatic carbocycles. The molecule has 1 unspecified atom stereocenters. The first-order chi connectivity index (χ1) is 8.72. The molecule has 0 aliphatic heterocycles. The molecule has 4 nitrogen and oxygen atoms in total. The summed E-state index contributed by atoms with van der Waals surface area (Å²) in [6.07, 6.45) is 2.96. The molecule has 5 heteroatoms. The van der Waals surface area contributed by atoms with E-state index in [0.29, 0.717) is 5.56 Å². The second-order valence-electron chi connectivity index (χ2n) is 3.55. The lowest BCUT2D eigenvalue weighted by atomic mass is 9.96. The fourth-order valence-electron chi connectivity index (χ4n) is 1.50. The number of nitrogens with zero attached hydrogens (tertiary/aromatic N) is 3. The summed E-state index contributed by atoms with van der Waals surface area (Å²) in [4.78, 5) is 19.8. The van der Waals surface area contributed by atoms with E-state index in [1.54, 1.807) is 30.3 Å². The second kappa shape index (κ2) is 5.52. The van der Waals surface area contributed by atoms with Crippen molar-refractivity contribution in [3.8, 4) is 6.07 Å². The Morgan fingerprint density at radius 3 is 2.39 bits per heavy atom. The highest BCUT2D eigenvalue weighted by Crippen LogP contribution is 2.21. The number of nitriles is 1. The Hall–Kier alpha value is -2.06. The topological polar surface area (TPSA) is 66.6 Å². The Morgan fingerprint density at radius 1 is 1.22 bits per heavy atom. The van der Waals surface area contributed by atoms with Crippen LogP contribution in [0.15, 0.2) is 47.2 Å². The van der Waals surface area contributed by atoms with Crippen LogP contribution in [-0.2, 0) is 0 Å². The molecule has 0 aliphatic rings. The van der Waals surface area contributed by atoms with Crippen molar-refractivity contribution in [2.75, 3.05) is 0 Å². The maximum atomic E-state index is 12.1. The monoisotopic (exact) mass is 301 g/mol. The molecule has 0 amide bonds. The largest absolute Gasteiger partial charge is 0.289 e. The maximum Gasteiger partial charge on any atom is 0.221 e. The van der Waals surface area contributed by atoms with E-state index in [4.69, 9.17) is 5.26 Å². The van der Waals surface area contributed by atoms with E-state index in [9.17, 15) is 4.79 Å². The van der Waals surface area contributed by atoms with E-state index in [1.165, 1.54) is 12.4 Å². The SMILES string of the molecule is N#CC(C(=O)c1ncccn1)c1ccc(Br)cc1. The molecular formula is C13H8BrN3O. The van der Waals surface area contributed by atoms with Gasteiger partial charge in [-0.05, 0) is 23.8 Å². The van der Waals surface area contributed by atoms with Crippen molar-refractivity contribution in [3.05, 3.63) is 58.6 Å². The number of hydrogen-bond acceptors (Lipinski definition) is 4. The van der Waals surface area contributed by atoms with Gasteiger partial charge in [0.25, 0.3) is 0 Å². The Morgan fingerprint density at radius 2 is 1.83 bits per heavy atom. The Kier molecular flexibility index (Phi) is 3.80. The van der Waals surface area contributed by atoms with E-state index < -0.39 is 5.92 Å². The molecule has 0 saturated heterocycles.